The van der Waals surface area contributed by atoms with Crippen LogP contribution in [0.5, 0.6) is 0 Å². The molecule has 3 aromatic rings. The Morgan fingerprint density at radius 1 is 1.00 bits per heavy atom. The molecule has 1 atom stereocenters. The van der Waals surface area contributed by atoms with Crippen LogP contribution in [0.2, 0.25) is 5.02 Å². The SMILES string of the molecule is CCN(CC)C(=O)c1c(F)ccc(F)c1C(=O)N1CCC(O[C@@H](c2ccc(Cl)cc2)c2ccccn2)CC1. The van der Waals surface area contributed by atoms with Gasteiger partial charge in [-0.05, 0) is 68.7 Å². The van der Waals surface area contributed by atoms with E-state index in [1.165, 1.54) is 9.80 Å². The molecule has 0 saturated carbocycles. The van der Waals surface area contributed by atoms with Crippen LogP contribution >= 0.6 is 11.6 Å². The van der Waals surface area contributed by atoms with E-state index in [0.717, 1.165) is 23.4 Å². The van der Waals surface area contributed by atoms with Crippen LogP contribution in [-0.2, 0) is 4.74 Å². The summed E-state index contributed by atoms with van der Waals surface area (Å²) in [7, 11) is 0. The first kappa shape index (κ1) is 27.7. The number of pyridine rings is 1. The van der Waals surface area contributed by atoms with E-state index in [0.29, 0.717) is 31.0 Å². The fraction of sp³-hybridized carbons (Fsp3) is 0.345. The van der Waals surface area contributed by atoms with Crippen LogP contribution in [0.1, 0.15) is 64.8 Å². The van der Waals surface area contributed by atoms with Gasteiger partial charge in [0, 0.05) is 37.4 Å². The van der Waals surface area contributed by atoms with E-state index < -0.39 is 40.7 Å². The lowest BCUT2D eigenvalue weighted by Gasteiger charge is -2.34. The van der Waals surface area contributed by atoms with Crippen LogP contribution in [0, 0.1) is 11.6 Å². The number of piperidine rings is 1. The Bertz CT molecular complexity index is 1260. The summed E-state index contributed by atoms with van der Waals surface area (Å²) in [5.74, 6) is -3.22. The van der Waals surface area contributed by atoms with E-state index in [2.05, 4.69) is 4.98 Å². The Kier molecular flexibility index (Phi) is 9.07. The molecule has 0 spiro atoms. The molecule has 0 unspecified atom stereocenters. The molecule has 0 aliphatic carbocycles. The van der Waals surface area contributed by atoms with Crippen LogP contribution in [0.3, 0.4) is 0 Å². The van der Waals surface area contributed by atoms with Crippen molar-refractivity contribution in [1.29, 1.82) is 0 Å². The highest BCUT2D eigenvalue weighted by Crippen LogP contribution is 2.31. The molecule has 0 N–H and O–H groups in total. The van der Waals surface area contributed by atoms with Gasteiger partial charge in [-0.25, -0.2) is 8.78 Å². The number of ether oxygens (including phenoxy) is 1. The third-order valence-electron chi connectivity index (χ3n) is 6.77. The Hall–Kier alpha value is -3.36. The lowest BCUT2D eigenvalue weighted by molar-refractivity contribution is -0.0255. The highest BCUT2D eigenvalue weighted by Gasteiger charge is 2.33. The first-order chi connectivity index (χ1) is 18.3. The van der Waals surface area contributed by atoms with Gasteiger partial charge in [0.25, 0.3) is 11.8 Å². The highest BCUT2D eigenvalue weighted by molar-refractivity contribution is 6.30. The Labute approximate surface area is 226 Å². The topological polar surface area (TPSA) is 62.7 Å². The summed E-state index contributed by atoms with van der Waals surface area (Å²) in [6, 6.07) is 14.8. The van der Waals surface area contributed by atoms with E-state index in [4.69, 9.17) is 16.3 Å². The zero-order valence-electron chi connectivity index (χ0n) is 21.4. The quantitative estimate of drug-likeness (QED) is 0.356. The van der Waals surface area contributed by atoms with Crippen molar-refractivity contribution in [3.8, 4) is 0 Å². The number of rotatable bonds is 8. The fourth-order valence-electron chi connectivity index (χ4n) is 4.67. The molecule has 2 aromatic carbocycles. The van der Waals surface area contributed by atoms with Crippen molar-refractivity contribution in [2.45, 2.75) is 38.9 Å². The van der Waals surface area contributed by atoms with Gasteiger partial charge < -0.3 is 14.5 Å². The Balaban J connectivity index is 1.51. The van der Waals surface area contributed by atoms with Gasteiger partial charge in [-0.2, -0.15) is 0 Å². The molecule has 6 nitrogen and oxygen atoms in total. The number of carbonyl (C=O) groups excluding carboxylic acids is 2. The van der Waals surface area contributed by atoms with Crippen molar-refractivity contribution < 1.29 is 23.1 Å². The van der Waals surface area contributed by atoms with E-state index in [1.807, 2.05) is 30.3 Å². The molecule has 1 aliphatic heterocycles. The number of nitrogens with zero attached hydrogens (tertiary/aromatic N) is 3. The van der Waals surface area contributed by atoms with Gasteiger partial charge in [-0.15, -0.1) is 0 Å². The van der Waals surface area contributed by atoms with Gasteiger partial charge in [0.1, 0.15) is 17.7 Å². The second kappa shape index (κ2) is 12.5. The monoisotopic (exact) mass is 541 g/mol. The number of likely N-dealkylation sites (tertiary alicyclic amines) is 1. The second-order valence-electron chi connectivity index (χ2n) is 9.07. The molecule has 1 aromatic heterocycles. The van der Waals surface area contributed by atoms with E-state index in [-0.39, 0.29) is 19.2 Å². The molecule has 1 fully saturated rings. The van der Waals surface area contributed by atoms with Gasteiger partial charge in [0.05, 0.1) is 22.9 Å². The molecule has 1 saturated heterocycles. The summed E-state index contributed by atoms with van der Waals surface area (Å²) in [5.41, 5.74) is 0.603. The fourth-order valence-corrected chi connectivity index (χ4v) is 4.80. The first-order valence-electron chi connectivity index (χ1n) is 12.7. The van der Waals surface area contributed by atoms with Gasteiger partial charge in [-0.3, -0.25) is 14.6 Å². The molecule has 38 heavy (non-hydrogen) atoms. The Morgan fingerprint density at radius 2 is 1.63 bits per heavy atom. The Morgan fingerprint density at radius 3 is 2.21 bits per heavy atom. The van der Waals surface area contributed by atoms with Crippen LogP contribution in [0.15, 0.2) is 60.8 Å². The van der Waals surface area contributed by atoms with Crippen molar-refractivity contribution in [2.75, 3.05) is 26.2 Å². The number of aromatic nitrogens is 1. The van der Waals surface area contributed by atoms with Crippen molar-refractivity contribution >= 4 is 23.4 Å². The maximum Gasteiger partial charge on any atom is 0.257 e. The number of benzene rings is 2. The van der Waals surface area contributed by atoms with Gasteiger partial charge in [-0.1, -0.05) is 29.8 Å². The largest absolute Gasteiger partial charge is 0.364 e. The summed E-state index contributed by atoms with van der Waals surface area (Å²) in [6.07, 6.45) is 2.04. The van der Waals surface area contributed by atoms with E-state index in [1.54, 1.807) is 32.2 Å². The maximum atomic E-state index is 14.9. The lowest BCUT2D eigenvalue weighted by Crippen LogP contribution is -2.43. The van der Waals surface area contributed by atoms with Crippen LogP contribution in [0.4, 0.5) is 8.78 Å². The van der Waals surface area contributed by atoms with Crippen molar-refractivity contribution in [3.63, 3.8) is 0 Å². The number of hydrogen-bond acceptors (Lipinski definition) is 4. The number of hydrogen-bond donors (Lipinski definition) is 0. The summed E-state index contributed by atoms with van der Waals surface area (Å²) < 4.78 is 36.1. The second-order valence-corrected chi connectivity index (χ2v) is 9.51. The smallest absolute Gasteiger partial charge is 0.257 e. The summed E-state index contributed by atoms with van der Waals surface area (Å²) in [5, 5.41) is 0.615. The molecular weight excluding hydrogens is 512 g/mol. The third kappa shape index (κ3) is 6.03. The van der Waals surface area contributed by atoms with E-state index >= 15 is 0 Å². The average molecular weight is 542 g/mol. The molecule has 1 aliphatic rings. The van der Waals surface area contributed by atoms with Crippen LogP contribution < -0.4 is 0 Å². The number of amides is 2. The molecule has 2 amide bonds. The molecule has 4 rings (SSSR count). The van der Waals surface area contributed by atoms with Crippen molar-refractivity contribution in [2.24, 2.45) is 0 Å². The summed E-state index contributed by atoms with van der Waals surface area (Å²) in [4.78, 5) is 33.6. The lowest BCUT2D eigenvalue weighted by atomic mass is 10.00. The minimum absolute atomic E-state index is 0.198. The average Bonchev–Trinajstić information content (AvgIpc) is 2.94. The molecule has 0 bridgehead atoms. The highest BCUT2D eigenvalue weighted by atomic mass is 35.5. The molecule has 0 radical (unpaired) electrons. The maximum absolute atomic E-state index is 14.9. The standard InChI is InChI=1S/C29H30ClF2N3O3/c1-3-34(4-2)28(36)25-22(31)12-13-23(32)26(25)29(37)35-17-14-21(15-18-35)38-27(24-7-5-6-16-33-24)19-8-10-20(30)11-9-19/h5-13,16,21,27H,3-4,14-15,17-18H2,1-2H3/t27-/m0/s1. The zero-order chi connectivity index (χ0) is 27.2. The number of halogens is 3. The minimum atomic E-state index is -0.914. The summed E-state index contributed by atoms with van der Waals surface area (Å²) >= 11 is 6.07. The third-order valence-corrected chi connectivity index (χ3v) is 7.02. The van der Waals surface area contributed by atoms with Crippen molar-refractivity contribution in [1.82, 2.24) is 14.8 Å². The molecule has 2 heterocycles. The predicted octanol–water partition coefficient (Wildman–Crippen LogP) is 5.91. The van der Waals surface area contributed by atoms with Crippen LogP contribution in [0.25, 0.3) is 0 Å². The summed E-state index contributed by atoms with van der Waals surface area (Å²) in [6.45, 7) is 4.65. The zero-order valence-corrected chi connectivity index (χ0v) is 22.1. The molecular formula is C29H30ClF2N3O3. The predicted molar refractivity (Wildman–Crippen MR) is 141 cm³/mol. The first-order valence-corrected chi connectivity index (χ1v) is 13.1. The molecule has 9 heteroatoms. The van der Waals surface area contributed by atoms with Gasteiger partial charge in [0.2, 0.25) is 0 Å². The normalized spacial score (nSPS) is 14.8. The van der Waals surface area contributed by atoms with Crippen LogP contribution in [-0.4, -0.2) is 58.9 Å². The number of carbonyl (C=O) groups is 2. The van der Waals surface area contributed by atoms with Gasteiger partial charge in [0.15, 0.2) is 0 Å². The van der Waals surface area contributed by atoms with E-state index in [9.17, 15) is 18.4 Å². The van der Waals surface area contributed by atoms with Crippen molar-refractivity contribution in [3.05, 3.63) is 99.8 Å². The van der Waals surface area contributed by atoms with Gasteiger partial charge >= 0.3 is 0 Å². The minimum Gasteiger partial charge on any atom is -0.364 e. The molecule has 200 valence electrons.